The molecule has 1 amide bonds. The molecular formula is C24H21F4N5O4. The van der Waals surface area contributed by atoms with Gasteiger partial charge in [-0.25, -0.2) is 13.8 Å². The molecule has 0 bridgehead atoms. The maximum Gasteiger partial charge on any atom is 0.387 e. The second-order valence-electron chi connectivity index (χ2n) is 8.33. The lowest BCUT2D eigenvalue weighted by Gasteiger charge is -2.12. The summed E-state index contributed by atoms with van der Waals surface area (Å²) < 4.78 is 68.7. The lowest BCUT2D eigenvalue weighted by molar-refractivity contribution is -0.0515. The monoisotopic (exact) mass is 519 g/mol. The second-order valence-corrected chi connectivity index (χ2v) is 8.33. The van der Waals surface area contributed by atoms with Crippen LogP contribution in [0.1, 0.15) is 47.6 Å². The first-order chi connectivity index (χ1) is 17.7. The molecule has 1 atom stereocenters. The fourth-order valence-corrected chi connectivity index (χ4v) is 3.39. The minimum Gasteiger partial charge on any atom is -0.489 e. The fourth-order valence-electron chi connectivity index (χ4n) is 3.39. The number of rotatable bonds is 11. The Balaban J connectivity index is 1.63. The SMILES string of the molecule is CC(N=[N+]=[N-])c1oc(-c2ccc(OC(F)F)c(OCC3CC3)c2)nc1C(=O)NCc1ccc(F)cc1F. The average Bonchev–Trinajstić information content (AvgIpc) is 3.57. The number of hydrogen-bond donors (Lipinski definition) is 1. The van der Waals surface area contributed by atoms with E-state index in [-0.39, 0.29) is 46.5 Å². The van der Waals surface area contributed by atoms with Crippen LogP contribution in [0.3, 0.4) is 0 Å². The molecule has 1 N–H and O–H groups in total. The minimum atomic E-state index is -3.06. The van der Waals surface area contributed by atoms with Crippen LogP contribution in [0.5, 0.6) is 11.5 Å². The summed E-state index contributed by atoms with van der Waals surface area (Å²) in [5.74, 6) is -2.30. The number of azide groups is 1. The Morgan fingerprint density at radius 1 is 1.24 bits per heavy atom. The quantitative estimate of drug-likeness (QED) is 0.138. The number of carbonyl (C=O) groups excluding carboxylic acids is 1. The average molecular weight is 519 g/mol. The van der Waals surface area contributed by atoms with Crippen LogP contribution in [0.2, 0.25) is 0 Å². The third-order valence-electron chi connectivity index (χ3n) is 5.51. The van der Waals surface area contributed by atoms with E-state index >= 15 is 0 Å². The van der Waals surface area contributed by atoms with Gasteiger partial charge in [0.05, 0.1) is 12.6 Å². The summed E-state index contributed by atoms with van der Waals surface area (Å²) >= 11 is 0. The molecule has 0 saturated heterocycles. The molecule has 4 rings (SSSR count). The highest BCUT2D eigenvalue weighted by atomic mass is 19.3. The van der Waals surface area contributed by atoms with Crippen LogP contribution in [-0.4, -0.2) is 24.1 Å². The van der Waals surface area contributed by atoms with Crippen LogP contribution in [0.25, 0.3) is 21.9 Å². The van der Waals surface area contributed by atoms with Crippen molar-refractivity contribution in [1.82, 2.24) is 10.3 Å². The van der Waals surface area contributed by atoms with Crippen LogP contribution in [0, 0.1) is 17.6 Å². The van der Waals surface area contributed by atoms with Crippen LogP contribution in [0.15, 0.2) is 45.9 Å². The van der Waals surface area contributed by atoms with Gasteiger partial charge in [0.25, 0.3) is 5.91 Å². The highest BCUT2D eigenvalue weighted by Gasteiger charge is 2.26. The van der Waals surface area contributed by atoms with Crippen molar-refractivity contribution >= 4 is 5.91 Å². The number of nitrogens with one attached hydrogen (secondary N) is 1. The van der Waals surface area contributed by atoms with Crippen molar-refractivity contribution in [2.24, 2.45) is 11.0 Å². The number of hydrogen-bond acceptors (Lipinski definition) is 6. The maximum atomic E-state index is 14.0. The Morgan fingerprint density at radius 3 is 2.70 bits per heavy atom. The van der Waals surface area contributed by atoms with Gasteiger partial charge in [0.1, 0.15) is 17.4 Å². The zero-order valence-electron chi connectivity index (χ0n) is 19.5. The van der Waals surface area contributed by atoms with E-state index in [9.17, 15) is 22.4 Å². The highest BCUT2D eigenvalue weighted by molar-refractivity contribution is 5.94. The number of benzene rings is 2. The molecule has 1 aliphatic rings. The van der Waals surface area contributed by atoms with Crippen molar-refractivity contribution in [3.63, 3.8) is 0 Å². The summed E-state index contributed by atoms with van der Waals surface area (Å²) in [4.78, 5) is 19.8. The first kappa shape index (κ1) is 25.8. The molecule has 194 valence electrons. The molecular weight excluding hydrogens is 498 g/mol. The van der Waals surface area contributed by atoms with Crippen molar-refractivity contribution in [2.75, 3.05) is 6.61 Å². The zero-order chi connectivity index (χ0) is 26.5. The van der Waals surface area contributed by atoms with Crippen LogP contribution in [0.4, 0.5) is 17.6 Å². The van der Waals surface area contributed by atoms with E-state index in [1.54, 1.807) is 0 Å². The molecule has 0 spiro atoms. The second kappa shape index (κ2) is 11.2. The predicted molar refractivity (Wildman–Crippen MR) is 122 cm³/mol. The van der Waals surface area contributed by atoms with Crippen molar-refractivity contribution in [3.8, 4) is 23.0 Å². The summed E-state index contributed by atoms with van der Waals surface area (Å²) in [7, 11) is 0. The maximum absolute atomic E-state index is 14.0. The molecule has 1 aromatic heterocycles. The smallest absolute Gasteiger partial charge is 0.387 e. The fraction of sp³-hybridized carbons (Fsp3) is 0.333. The highest BCUT2D eigenvalue weighted by Crippen LogP contribution is 2.37. The summed E-state index contributed by atoms with van der Waals surface area (Å²) in [6.45, 7) is -1.54. The van der Waals surface area contributed by atoms with E-state index in [1.807, 2.05) is 0 Å². The molecule has 3 aromatic rings. The van der Waals surface area contributed by atoms with E-state index < -0.39 is 30.2 Å². The van der Waals surface area contributed by atoms with Gasteiger partial charge in [0, 0.05) is 28.6 Å². The van der Waals surface area contributed by atoms with Crippen molar-refractivity contribution in [2.45, 2.75) is 39.0 Å². The van der Waals surface area contributed by atoms with Gasteiger partial charge >= 0.3 is 6.61 Å². The standard InChI is InChI=1S/C24H21F4N5O4/c1-12(32-33-29)21-20(22(34)30-10-15-4-6-16(25)9-17(15)26)31-23(37-21)14-5-7-18(36-24(27)28)19(8-14)35-11-13-2-3-13/h4-9,12-13,24H,2-3,10-11H2,1H3,(H,30,34). The minimum absolute atomic E-state index is 0.0372. The lowest BCUT2D eigenvalue weighted by Crippen LogP contribution is -2.25. The summed E-state index contributed by atoms with van der Waals surface area (Å²) in [5.41, 5.74) is 8.93. The van der Waals surface area contributed by atoms with Crippen molar-refractivity contribution < 1.29 is 36.2 Å². The van der Waals surface area contributed by atoms with Crippen LogP contribution < -0.4 is 14.8 Å². The largest absolute Gasteiger partial charge is 0.489 e. The normalized spacial score (nSPS) is 13.7. The number of nitrogens with zero attached hydrogens (tertiary/aromatic N) is 4. The first-order valence-corrected chi connectivity index (χ1v) is 11.2. The van der Waals surface area contributed by atoms with Gasteiger partial charge in [-0.2, -0.15) is 8.78 Å². The summed E-state index contributed by atoms with van der Waals surface area (Å²) in [5, 5.41) is 6.02. The van der Waals surface area contributed by atoms with E-state index in [2.05, 4.69) is 25.1 Å². The van der Waals surface area contributed by atoms with Gasteiger partial charge in [-0.3, -0.25) is 4.79 Å². The molecule has 0 radical (unpaired) electrons. The Bertz CT molecular complexity index is 1340. The molecule has 37 heavy (non-hydrogen) atoms. The van der Waals surface area contributed by atoms with Gasteiger partial charge in [0.2, 0.25) is 5.89 Å². The Labute approximate surface area is 208 Å². The third kappa shape index (κ3) is 6.50. The lowest BCUT2D eigenvalue weighted by atomic mass is 10.2. The number of carbonyl (C=O) groups is 1. The van der Waals surface area contributed by atoms with Crippen LogP contribution in [-0.2, 0) is 6.54 Å². The molecule has 1 saturated carbocycles. The molecule has 1 fully saturated rings. The zero-order valence-corrected chi connectivity index (χ0v) is 19.5. The predicted octanol–water partition coefficient (Wildman–Crippen LogP) is 6.31. The molecule has 9 nitrogen and oxygen atoms in total. The number of halogens is 4. The van der Waals surface area contributed by atoms with E-state index in [0.29, 0.717) is 18.6 Å². The van der Waals surface area contributed by atoms with E-state index in [0.717, 1.165) is 18.9 Å². The third-order valence-corrected chi connectivity index (χ3v) is 5.51. The number of oxazole rings is 1. The molecule has 1 unspecified atom stereocenters. The topological polar surface area (TPSA) is 122 Å². The first-order valence-electron chi connectivity index (χ1n) is 11.2. The molecule has 1 aliphatic carbocycles. The number of amides is 1. The van der Waals surface area contributed by atoms with Gasteiger partial charge in [0.15, 0.2) is 17.2 Å². The van der Waals surface area contributed by atoms with Gasteiger partial charge in [-0.15, -0.1) is 0 Å². The summed E-state index contributed by atoms with van der Waals surface area (Å²) in [6.07, 6.45) is 1.96. The number of aromatic nitrogens is 1. The molecule has 2 aromatic carbocycles. The van der Waals surface area contributed by atoms with Gasteiger partial charge in [-0.1, -0.05) is 11.2 Å². The van der Waals surface area contributed by atoms with Gasteiger partial charge < -0.3 is 19.2 Å². The van der Waals surface area contributed by atoms with Crippen molar-refractivity contribution in [3.05, 3.63) is 75.5 Å². The number of alkyl halides is 2. The molecule has 1 heterocycles. The Morgan fingerprint density at radius 2 is 2.03 bits per heavy atom. The Kier molecular flexibility index (Phi) is 7.83. The number of ether oxygens (including phenoxy) is 2. The van der Waals surface area contributed by atoms with E-state index in [4.69, 9.17) is 14.7 Å². The van der Waals surface area contributed by atoms with E-state index in [1.165, 1.54) is 31.2 Å². The van der Waals surface area contributed by atoms with Gasteiger partial charge in [-0.05, 0) is 55.5 Å². The summed E-state index contributed by atoms with van der Waals surface area (Å²) in [6, 6.07) is 6.04. The molecule has 13 heteroatoms. The Hall–Kier alpha value is -4.25. The van der Waals surface area contributed by atoms with Crippen molar-refractivity contribution in [1.29, 1.82) is 0 Å². The van der Waals surface area contributed by atoms with Crippen LogP contribution >= 0.6 is 0 Å². The molecule has 0 aliphatic heterocycles.